The van der Waals surface area contributed by atoms with Crippen molar-refractivity contribution >= 4 is 0 Å². The summed E-state index contributed by atoms with van der Waals surface area (Å²) in [5.41, 5.74) is 1.18. The highest BCUT2D eigenvalue weighted by Crippen LogP contribution is 2.12. The molecule has 1 aromatic carbocycles. The van der Waals surface area contributed by atoms with Crippen molar-refractivity contribution in [3.05, 3.63) is 35.1 Å². The molecule has 1 aromatic rings. The van der Waals surface area contributed by atoms with Gasteiger partial charge in [-0.3, -0.25) is 0 Å². The van der Waals surface area contributed by atoms with Crippen LogP contribution in [0.4, 0.5) is 4.39 Å². The lowest BCUT2D eigenvalue weighted by Gasteiger charge is -2.18. The van der Waals surface area contributed by atoms with Gasteiger partial charge >= 0.3 is 0 Å². The third-order valence-electron chi connectivity index (χ3n) is 2.56. The molecule has 1 N–H and O–H groups in total. The van der Waals surface area contributed by atoms with Crippen molar-refractivity contribution in [3.63, 3.8) is 0 Å². The summed E-state index contributed by atoms with van der Waals surface area (Å²) in [7, 11) is 1.88. The van der Waals surface area contributed by atoms with E-state index in [1.54, 1.807) is 6.92 Å². The van der Waals surface area contributed by atoms with E-state index in [9.17, 15) is 9.50 Å². The average Bonchev–Trinajstić information content (AvgIpc) is 2.27. The molecule has 17 heavy (non-hydrogen) atoms. The van der Waals surface area contributed by atoms with Crippen LogP contribution in [-0.2, 0) is 6.54 Å². The molecule has 1 atom stereocenters. The van der Waals surface area contributed by atoms with Crippen LogP contribution in [0.1, 0.15) is 24.5 Å². The number of nitriles is 1. The Balaban J connectivity index is 2.67. The summed E-state index contributed by atoms with van der Waals surface area (Å²) in [6.45, 7) is 2.95. The lowest BCUT2D eigenvalue weighted by Crippen LogP contribution is -2.22. The highest BCUT2D eigenvalue weighted by atomic mass is 19.1. The first-order valence-electron chi connectivity index (χ1n) is 5.58. The van der Waals surface area contributed by atoms with Gasteiger partial charge < -0.3 is 10.0 Å². The molecule has 0 bridgehead atoms. The maximum Gasteiger partial charge on any atom is 0.123 e. The largest absolute Gasteiger partial charge is 0.393 e. The maximum atomic E-state index is 13.1. The second kappa shape index (κ2) is 6.33. The molecule has 92 valence electrons. The van der Waals surface area contributed by atoms with Gasteiger partial charge in [0.25, 0.3) is 0 Å². The molecule has 0 aromatic heterocycles. The van der Waals surface area contributed by atoms with Gasteiger partial charge in [0, 0.05) is 13.1 Å². The second-order valence-electron chi connectivity index (χ2n) is 4.29. The summed E-state index contributed by atoms with van der Waals surface area (Å²) in [4.78, 5) is 1.96. The SMILES string of the molecule is CC(O)CCN(C)Cc1cc(F)ccc1C#N. The number of halogens is 1. The molecule has 0 heterocycles. The zero-order chi connectivity index (χ0) is 12.8. The Hall–Kier alpha value is -1.44. The molecular formula is C13H17FN2O. The standard InChI is InChI=1S/C13H17FN2O/c1-10(17)5-6-16(2)9-12-7-13(14)4-3-11(12)8-15/h3-4,7,10,17H,5-6,9H2,1-2H3. The van der Waals surface area contributed by atoms with Gasteiger partial charge in [0.1, 0.15) is 5.82 Å². The van der Waals surface area contributed by atoms with E-state index in [0.29, 0.717) is 30.6 Å². The summed E-state index contributed by atoms with van der Waals surface area (Å²) in [6.07, 6.45) is 0.314. The normalized spacial score (nSPS) is 12.5. The van der Waals surface area contributed by atoms with Gasteiger partial charge in [-0.15, -0.1) is 0 Å². The topological polar surface area (TPSA) is 47.3 Å². The van der Waals surface area contributed by atoms with Crippen LogP contribution >= 0.6 is 0 Å². The van der Waals surface area contributed by atoms with Gasteiger partial charge in [-0.25, -0.2) is 4.39 Å². The Bertz CT molecular complexity index is 412. The van der Waals surface area contributed by atoms with E-state index < -0.39 is 0 Å². The van der Waals surface area contributed by atoms with Crippen LogP contribution in [0, 0.1) is 17.1 Å². The minimum absolute atomic E-state index is 0.331. The van der Waals surface area contributed by atoms with Crippen LogP contribution in [-0.4, -0.2) is 29.7 Å². The van der Waals surface area contributed by atoms with E-state index in [0.717, 1.165) is 0 Å². The van der Waals surface area contributed by atoms with Crippen molar-refractivity contribution in [2.75, 3.05) is 13.6 Å². The molecule has 1 unspecified atom stereocenters. The van der Waals surface area contributed by atoms with Crippen molar-refractivity contribution in [2.45, 2.75) is 26.0 Å². The minimum atomic E-state index is -0.347. The fraction of sp³-hybridized carbons (Fsp3) is 0.462. The van der Waals surface area contributed by atoms with E-state index >= 15 is 0 Å². The zero-order valence-electron chi connectivity index (χ0n) is 10.2. The molecule has 3 nitrogen and oxygen atoms in total. The number of hydrogen-bond acceptors (Lipinski definition) is 3. The molecule has 0 amide bonds. The minimum Gasteiger partial charge on any atom is -0.393 e. The molecule has 1 rings (SSSR count). The highest BCUT2D eigenvalue weighted by molar-refractivity contribution is 5.37. The number of benzene rings is 1. The van der Waals surface area contributed by atoms with Crippen molar-refractivity contribution < 1.29 is 9.50 Å². The molecule has 0 fully saturated rings. The summed E-state index contributed by atoms with van der Waals surface area (Å²) in [5, 5.41) is 18.1. The highest BCUT2D eigenvalue weighted by Gasteiger charge is 2.07. The molecule has 0 saturated heterocycles. The molecule has 0 saturated carbocycles. The number of nitrogens with zero attached hydrogens (tertiary/aromatic N) is 2. The lowest BCUT2D eigenvalue weighted by molar-refractivity contribution is 0.163. The molecule has 0 aliphatic rings. The molecular weight excluding hydrogens is 219 g/mol. The summed E-state index contributed by atoms with van der Waals surface area (Å²) < 4.78 is 13.1. The predicted octanol–water partition coefficient (Wildman–Crippen LogP) is 1.90. The van der Waals surface area contributed by atoms with Crippen LogP contribution in [0.2, 0.25) is 0 Å². The first kappa shape index (κ1) is 13.6. The molecule has 4 heteroatoms. The van der Waals surface area contributed by atoms with Crippen molar-refractivity contribution in [1.82, 2.24) is 4.90 Å². The Morgan fingerprint density at radius 3 is 2.82 bits per heavy atom. The van der Waals surface area contributed by atoms with E-state index in [2.05, 4.69) is 6.07 Å². The van der Waals surface area contributed by atoms with Crippen LogP contribution in [0.5, 0.6) is 0 Å². The fourth-order valence-corrected chi connectivity index (χ4v) is 1.58. The van der Waals surface area contributed by atoms with Gasteiger partial charge in [0.15, 0.2) is 0 Å². The smallest absolute Gasteiger partial charge is 0.123 e. The summed E-state index contributed by atoms with van der Waals surface area (Å²) >= 11 is 0. The Morgan fingerprint density at radius 2 is 2.24 bits per heavy atom. The van der Waals surface area contributed by atoms with Crippen LogP contribution in [0.15, 0.2) is 18.2 Å². The number of hydrogen-bond donors (Lipinski definition) is 1. The molecule has 0 spiro atoms. The quantitative estimate of drug-likeness (QED) is 0.849. The monoisotopic (exact) mass is 236 g/mol. The fourth-order valence-electron chi connectivity index (χ4n) is 1.58. The number of aliphatic hydroxyl groups is 1. The van der Waals surface area contributed by atoms with E-state index in [1.165, 1.54) is 18.2 Å². The Kier molecular flexibility index (Phi) is 5.08. The summed E-state index contributed by atoms with van der Waals surface area (Å²) in [6, 6.07) is 6.22. The second-order valence-corrected chi connectivity index (χ2v) is 4.29. The van der Waals surface area contributed by atoms with Crippen molar-refractivity contribution in [1.29, 1.82) is 5.26 Å². The third kappa shape index (κ3) is 4.51. The van der Waals surface area contributed by atoms with E-state index in [4.69, 9.17) is 5.26 Å². The summed E-state index contributed by atoms with van der Waals surface area (Å²) in [5.74, 6) is -0.331. The van der Waals surface area contributed by atoms with Crippen LogP contribution in [0.3, 0.4) is 0 Å². The Labute approximate surface area is 101 Å². The van der Waals surface area contributed by atoms with Crippen LogP contribution in [0.25, 0.3) is 0 Å². The van der Waals surface area contributed by atoms with E-state index in [-0.39, 0.29) is 11.9 Å². The number of aliphatic hydroxyl groups excluding tert-OH is 1. The van der Waals surface area contributed by atoms with Crippen molar-refractivity contribution in [2.24, 2.45) is 0 Å². The molecule has 0 aliphatic carbocycles. The predicted molar refractivity (Wildman–Crippen MR) is 63.7 cm³/mol. The lowest BCUT2D eigenvalue weighted by atomic mass is 10.1. The maximum absolute atomic E-state index is 13.1. The van der Waals surface area contributed by atoms with Gasteiger partial charge in [-0.05, 0) is 44.2 Å². The van der Waals surface area contributed by atoms with Gasteiger partial charge in [-0.1, -0.05) is 0 Å². The van der Waals surface area contributed by atoms with Gasteiger partial charge in [-0.2, -0.15) is 5.26 Å². The van der Waals surface area contributed by atoms with E-state index in [1.807, 2.05) is 11.9 Å². The average molecular weight is 236 g/mol. The Morgan fingerprint density at radius 1 is 1.53 bits per heavy atom. The zero-order valence-corrected chi connectivity index (χ0v) is 10.2. The first-order valence-corrected chi connectivity index (χ1v) is 5.58. The molecule has 0 aliphatic heterocycles. The van der Waals surface area contributed by atoms with Gasteiger partial charge in [0.2, 0.25) is 0 Å². The van der Waals surface area contributed by atoms with Crippen LogP contribution < -0.4 is 0 Å². The number of rotatable bonds is 5. The molecule has 0 radical (unpaired) electrons. The van der Waals surface area contributed by atoms with Gasteiger partial charge in [0.05, 0.1) is 17.7 Å². The van der Waals surface area contributed by atoms with Crippen molar-refractivity contribution in [3.8, 4) is 6.07 Å². The third-order valence-corrected chi connectivity index (χ3v) is 2.56. The first-order chi connectivity index (χ1) is 8.02.